The van der Waals surface area contributed by atoms with Crippen molar-refractivity contribution < 1.29 is 279 Å². The number of carbonyl (C=O) groups is 2. The monoisotopic (exact) mass is 2160 g/mol. The van der Waals surface area contributed by atoms with E-state index in [1.54, 1.807) is 187 Å². The average Bonchev–Trinajstić information content (AvgIpc) is 0.895. The fraction of sp³-hybridized carbons (Fsp3) is 0.289. The third kappa shape index (κ3) is 45.2. The molecule has 0 heterocycles. The van der Waals surface area contributed by atoms with Gasteiger partial charge in [0.25, 0.3) is 0 Å². The van der Waals surface area contributed by atoms with Gasteiger partial charge in [-0.05, 0) is 93.0 Å². The first-order valence-corrected chi connectivity index (χ1v) is 31.7. The number of methoxy groups -OCH3 is 8. The van der Waals surface area contributed by atoms with Crippen molar-refractivity contribution in [2.24, 2.45) is 30.8 Å². The number of carboxylic acids is 2. The number of rotatable bonds is 20. The van der Waals surface area contributed by atoms with Gasteiger partial charge in [-0.2, -0.15) is 0 Å². The Morgan fingerprint density at radius 3 is 0.553 bits per heavy atom. The molecule has 0 aliphatic heterocycles. The van der Waals surface area contributed by atoms with Crippen molar-refractivity contribution in [2.75, 3.05) is 71.1 Å². The Labute approximate surface area is 788 Å². The molecule has 620 valence electrons. The van der Waals surface area contributed by atoms with E-state index in [9.17, 15) is 60.7 Å². The zero-order valence-electron chi connectivity index (χ0n) is 64.6. The number of aliphatic imine (C=N–C) groups is 4. The van der Waals surface area contributed by atoms with Crippen molar-refractivity contribution in [2.45, 2.75) is 67.7 Å². The molecular formula is C76H86Gd4N6O28. The van der Waals surface area contributed by atoms with Crippen LogP contribution in [0.25, 0.3) is 0 Å². The van der Waals surface area contributed by atoms with Crippen molar-refractivity contribution in [3.05, 3.63) is 221 Å². The Morgan fingerprint density at radius 2 is 0.430 bits per heavy atom. The van der Waals surface area contributed by atoms with E-state index in [-0.39, 0.29) is 278 Å². The number of ether oxygens (including phenoxy) is 8. The maximum atomic E-state index is 11.9. The molecule has 0 bridgehead atoms. The van der Waals surface area contributed by atoms with E-state index in [4.69, 9.17) is 78.8 Å². The van der Waals surface area contributed by atoms with Crippen LogP contribution in [0.15, 0.2) is 166 Å². The molecule has 0 aromatic heterocycles. The van der Waals surface area contributed by atoms with Crippen molar-refractivity contribution in [1.29, 1.82) is 0 Å². The first-order valence-electron chi connectivity index (χ1n) is 31.7. The fourth-order valence-electron chi connectivity index (χ4n) is 7.54. The maximum Gasteiger partial charge on any atom is 3.00 e. The van der Waals surface area contributed by atoms with Crippen LogP contribution >= 0.6 is 0 Å². The standard InChI is InChI=1S/4C16H17NO4.2C5H10O2.2CH4O.4Gd.2NO3/c4*1-20-13-7-3-5-11(15(13)18)9-17-10-12-6-4-8-14(21-2)16(12)19;2*1-5(2,3)4(6)7;2*1-2;;;;;2*2-1(3)4/h4*3-9,18-19H,10H2,1-2H3;2*1-3H3,(H,6,7);2*2H,1H3;;;;;;/q;;;;;;;;4*+3;2*-1/p-10. The number of carbonyl (C=O) groups excluding carboxylic acids is 2. The molecule has 114 heavy (non-hydrogen) atoms. The SMILES string of the molecule is CC(C)(C)C(=O)[O-].CC(C)(C)C(=O)[O-].CO.CO.COc1cccc(C=NCc2cccc(OC)c2[O-])c1[O-].COc1cccc(C=NCc2cccc(OC)c2[O-])c1[O-].COc1cccc(C=NCc2cccc(OC)c2[O-])c1[O-].COc1cccc(C=NCc2cccc(OC)c2[O-])c1[O-].O=[N+]([O-])[O-].O=[N+]([O-])[O-].[Gd+3].[Gd+3].[Gd+3].[Gd+3]. The summed E-state index contributed by atoms with van der Waals surface area (Å²) in [6, 6.07) is 39.9. The smallest absolute Gasteiger partial charge is 0.870 e. The van der Waals surface area contributed by atoms with Gasteiger partial charge in [0.2, 0.25) is 0 Å². The van der Waals surface area contributed by atoms with Gasteiger partial charge >= 0.3 is 160 Å². The van der Waals surface area contributed by atoms with Crippen molar-refractivity contribution in [3.63, 3.8) is 0 Å². The van der Waals surface area contributed by atoms with Crippen molar-refractivity contribution in [1.82, 2.24) is 0 Å². The van der Waals surface area contributed by atoms with E-state index in [2.05, 4.69) is 20.0 Å². The molecule has 0 fully saturated rings. The van der Waals surface area contributed by atoms with Crippen LogP contribution in [0.4, 0.5) is 0 Å². The fourth-order valence-corrected chi connectivity index (χ4v) is 7.54. The van der Waals surface area contributed by atoms with E-state index >= 15 is 0 Å². The minimum atomic E-state index is -1.75. The van der Waals surface area contributed by atoms with Crippen molar-refractivity contribution in [3.8, 4) is 92.0 Å². The van der Waals surface area contributed by atoms with Gasteiger partial charge < -0.3 is 139 Å². The second-order valence-corrected chi connectivity index (χ2v) is 22.7. The summed E-state index contributed by atoms with van der Waals surface area (Å²) in [4.78, 5) is 52.9. The van der Waals surface area contributed by atoms with Gasteiger partial charge in [-0.15, -0.1) is 0 Å². The zero-order valence-corrected chi connectivity index (χ0v) is 73.7. The normalized spacial score (nSPS) is 9.84. The molecule has 4 radical (unpaired) electrons. The minimum Gasteiger partial charge on any atom is -0.870 e. The van der Waals surface area contributed by atoms with E-state index in [0.29, 0.717) is 44.5 Å². The first-order chi connectivity index (χ1) is 52.0. The molecule has 0 spiro atoms. The Balaban J connectivity index is -0.000000305. The van der Waals surface area contributed by atoms with Crippen LogP contribution in [-0.2, 0) is 35.8 Å². The van der Waals surface area contributed by atoms with Gasteiger partial charge in [0.1, 0.15) is 46.0 Å². The third-order valence-corrected chi connectivity index (χ3v) is 13.2. The molecule has 8 rings (SSSR count). The van der Waals surface area contributed by atoms with Gasteiger partial charge in [-0.25, -0.2) is 0 Å². The van der Waals surface area contributed by atoms with E-state index < -0.39 is 32.9 Å². The molecule has 34 nitrogen and oxygen atoms in total. The van der Waals surface area contributed by atoms with Crippen LogP contribution in [0, 0.1) is 201 Å². The minimum absolute atomic E-state index is 0. The first kappa shape index (κ1) is 117. The number of hydrogen-bond donors (Lipinski definition) is 2. The molecule has 38 heteroatoms. The number of nitrogens with zero attached hydrogens (tertiary/aromatic N) is 6. The molecule has 0 saturated carbocycles. The summed E-state index contributed by atoms with van der Waals surface area (Å²) in [5, 5.41) is 159. The number of carboxylic acid groups (broad SMARTS) is 2. The summed E-state index contributed by atoms with van der Waals surface area (Å²) < 4.78 is 39.7. The second kappa shape index (κ2) is 65.0. The van der Waals surface area contributed by atoms with Gasteiger partial charge in [0.05, 0.1) is 93.2 Å². The molecule has 0 aliphatic rings. The summed E-state index contributed by atoms with van der Waals surface area (Å²) >= 11 is 0. The van der Waals surface area contributed by atoms with Crippen molar-refractivity contribution >= 4 is 36.8 Å². The molecule has 8 aromatic rings. The predicted molar refractivity (Wildman–Crippen MR) is 391 cm³/mol. The number of aliphatic carboxylic acids is 2. The number of hydrogen-bond acceptors (Lipinski definition) is 32. The van der Waals surface area contributed by atoms with Gasteiger partial charge in [0, 0.05) is 61.8 Å². The Bertz CT molecular complexity index is 3730. The molecule has 0 unspecified atom stereocenters. The molecule has 0 atom stereocenters. The molecule has 0 saturated heterocycles. The number of aliphatic hydroxyl groups excluding tert-OH is 2. The Hall–Kier alpha value is -8.20. The van der Waals surface area contributed by atoms with Crippen LogP contribution in [-0.4, -0.2) is 128 Å². The predicted octanol–water partition coefficient (Wildman–Crippen LogP) is 4.18. The Kier molecular flexibility index (Phi) is 66.5. The van der Waals surface area contributed by atoms with Crippen LogP contribution < -0.4 is 89.0 Å². The second-order valence-electron chi connectivity index (χ2n) is 22.7. The van der Waals surface area contributed by atoms with Gasteiger partial charge in [-0.3, -0.25) is 20.0 Å². The van der Waals surface area contributed by atoms with E-state index in [0.717, 1.165) is 14.2 Å². The van der Waals surface area contributed by atoms with E-state index in [1.165, 1.54) is 81.7 Å². The summed E-state index contributed by atoms with van der Waals surface area (Å²) in [6.45, 7) is 10.3. The van der Waals surface area contributed by atoms with E-state index in [1.807, 2.05) is 0 Å². The van der Waals surface area contributed by atoms with Gasteiger partial charge in [-0.1, -0.05) is 185 Å². The molecular weight excluding hydrogens is 2070 g/mol. The molecule has 0 aliphatic carbocycles. The number of benzene rings is 8. The summed E-state index contributed by atoms with van der Waals surface area (Å²) in [7, 11) is 13.6. The van der Waals surface area contributed by atoms with Crippen LogP contribution in [0.5, 0.6) is 92.0 Å². The number of para-hydroxylation sites is 8. The summed E-state index contributed by atoms with van der Waals surface area (Å²) in [5.41, 5.74) is 2.35. The largest absolute Gasteiger partial charge is 3.00 e. The van der Waals surface area contributed by atoms with Crippen LogP contribution in [0.1, 0.15) is 86.1 Å². The number of aliphatic hydroxyl groups is 2. The molecule has 8 aromatic carbocycles. The maximum absolute atomic E-state index is 11.9. The third-order valence-electron chi connectivity index (χ3n) is 13.2. The van der Waals surface area contributed by atoms with Gasteiger partial charge in [0.15, 0.2) is 0 Å². The average molecular weight is 2160 g/mol. The van der Waals surface area contributed by atoms with Crippen LogP contribution in [0.3, 0.4) is 0 Å². The summed E-state index contributed by atoms with van der Waals surface area (Å²) in [6.07, 6.45) is 5.79. The molecule has 0 amide bonds. The topological polar surface area (TPSA) is 561 Å². The Morgan fingerprint density at radius 1 is 0.307 bits per heavy atom. The quantitative estimate of drug-likeness (QED) is 0.0613. The zero-order chi connectivity index (χ0) is 84.3. The summed E-state index contributed by atoms with van der Waals surface area (Å²) in [5.74, 6) is -1.46. The molecule has 2 N–H and O–H groups in total. The van der Waals surface area contributed by atoms with Crippen LogP contribution in [0.2, 0.25) is 0 Å².